The predicted octanol–water partition coefficient (Wildman–Crippen LogP) is 3.49. The Hall–Kier alpha value is -0.610. The van der Waals surface area contributed by atoms with Crippen molar-refractivity contribution in [3.63, 3.8) is 0 Å². The molecule has 1 aromatic rings. The average Bonchev–Trinajstić information content (AvgIpc) is 2.77. The van der Waals surface area contributed by atoms with Gasteiger partial charge in [0.05, 0.1) is 0 Å². The Labute approximate surface area is 128 Å². The Bertz CT molecular complexity index is 460. The van der Waals surface area contributed by atoms with Crippen LogP contribution in [-0.2, 0) is 11.8 Å². The maximum absolute atomic E-state index is 6.41. The van der Waals surface area contributed by atoms with Crippen molar-refractivity contribution in [2.24, 2.45) is 17.1 Å². The zero-order chi connectivity index (χ0) is 14.5. The maximum Gasteiger partial charge on any atom is 0.232 e. The van der Waals surface area contributed by atoms with Gasteiger partial charge in [0.2, 0.25) is 5.89 Å². The fourth-order valence-electron chi connectivity index (χ4n) is 2.84. The summed E-state index contributed by atoms with van der Waals surface area (Å²) < 4.78 is 5.37. The molecule has 1 fully saturated rings. The van der Waals surface area contributed by atoms with E-state index in [2.05, 4.69) is 51.7 Å². The predicted molar refractivity (Wildman–Crippen MR) is 83.0 cm³/mol. The molecule has 20 heavy (non-hydrogen) atoms. The van der Waals surface area contributed by atoms with Crippen LogP contribution in [0.5, 0.6) is 0 Å². The summed E-state index contributed by atoms with van der Waals surface area (Å²) in [4.78, 5) is 4.54. The Morgan fingerprint density at radius 3 is 2.30 bits per heavy atom. The van der Waals surface area contributed by atoms with Gasteiger partial charge in [-0.15, -0.1) is 12.4 Å². The topological polar surface area (TPSA) is 64.9 Å². The zero-order valence-electron chi connectivity index (χ0n) is 13.5. The molecule has 1 saturated carbocycles. The maximum atomic E-state index is 6.41. The van der Waals surface area contributed by atoms with Gasteiger partial charge in [-0.25, -0.2) is 0 Å². The highest BCUT2D eigenvalue weighted by Gasteiger charge is 2.49. The third kappa shape index (κ3) is 3.01. The van der Waals surface area contributed by atoms with Gasteiger partial charge in [0.25, 0.3) is 0 Å². The molecular weight excluding hydrogens is 274 g/mol. The molecular formula is C15H28ClN3O. The van der Waals surface area contributed by atoms with Crippen molar-refractivity contribution in [2.45, 2.75) is 71.8 Å². The van der Waals surface area contributed by atoms with Gasteiger partial charge in [0.1, 0.15) is 0 Å². The molecule has 0 aliphatic heterocycles. The molecule has 0 amide bonds. The van der Waals surface area contributed by atoms with E-state index in [1.165, 1.54) is 0 Å². The Morgan fingerprint density at radius 1 is 1.30 bits per heavy atom. The van der Waals surface area contributed by atoms with Crippen molar-refractivity contribution < 1.29 is 4.52 Å². The van der Waals surface area contributed by atoms with Crippen molar-refractivity contribution in [3.8, 4) is 0 Å². The molecule has 1 aliphatic carbocycles. The Morgan fingerprint density at radius 2 is 1.90 bits per heavy atom. The largest absolute Gasteiger partial charge is 0.339 e. The lowest BCUT2D eigenvalue weighted by Gasteiger charge is -2.38. The lowest BCUT2D eigenvalue weighted by atomic mass is 9.71. The SMILES string of the molecule is CC(C)(C)c1nc(C[C@@H]2CC[C@](C)(N)C2(C)C)no1.Cl. The van der Waals surface area contributed by atoms with Crippen molar-refractivity contribution in [3.05, 3.63) is 11.7 Å². The summed E-state index contributed by atoms with van der Waals surface area (Å²) in [7, 11) is 0. The molecule has 1 heterocycles. The lowest BCUT2D eigenvalue weighted by molar-refractivity contribution is 0.162. The summed E-state index contributed by atoms with van der Waals surface area (Å²) in [6, 6.07) is 0. The van der Waals surface area contributed by atoms with Crippen LogP contribution in [0.2, 0.25) is 0 Å². The van der Waals surface area contributed by atoms with Gasteiger partial charge >= 0.3 is 0 Å². The minimum Gasteiger partial charge on any atom is -0.339 e. The summed E-state index contributed by atoms with van der Waals surface area (Å²) in [5.74, 6) is 2.06. The number of hydrogen-bond acceptors (Lipinski definition) is 4. The highest BCUT2D eigenvalue weighted by molar-refractivity contribution is 5.85. The van der Waals surface area contributed by atoms with Crippen molar-refractivity contribution in [1.82, 2.24) is 10.1 Å². The molecule has 1 aromatic heterocycles. The smallest absolute Gasteiger partial charge is 0.232 e. The van der Waals surface area contributed by atoms with Crippen LogP contribution in [0.3, 0.4) is 0 Å². The second-order valence-electron chi connectivity index (χ2n) is 7.84. The summed E-state index contributed by atoms with van der Waals surface area (Å²) in [6.45, 7) is 12.9. The molecule has 4 nitrogen and oxygen atoms in total. The molecule has 5 heteroatoms. The molecule has 0 aromatic carbocycles. The second-order valence-corrected chi connectivity index (χ2v) is 7.84. The van der Waals surface area contributed by atoms with Gasteiger partial charge in [-0.3, -0.25) is 0 Å². The van der Waals surface area contributed by atoms with Crippen LogP contribution in [0.15, 0.2) is 4.52 Å². The van der Waals surface area contributed by atoms with Crippen LogP contribution in [-0.4, -0.2) is 15.7 Å². The van der Waals surface area contributed by atoms with Crippen molar-refractivity contribution >= 4 is 12.4 Å². The van der Waals surface area contributed by atoms with Crippen LogP contribution < -0.4 is 5.73 Å². The van der Waals surface area contributed by atoms with Gasteiger partial charge in [-0.2, -0.15) is 4.98 Å². The fourth-order valence-corrected chi connectivity index (χ4v) is 2.84. The molecule has 2 rings (SSSR count). The number of aromatic nitrogens is 2. The van der Waals surface area contributed by atoms with E-state index >= 15 is 0 Å². The number of rotatable bonds is 2. The van der Waals surface area contributed by atoms with E-state index in [9.17, 15) is 0 Å². The first-order valence-corrected chi connectivity index (χ1v) is 7.16. The van der Waals surface area contributed by atoms with Crippen LogP contribution in [0, 0.1) is 11.3 Å². The number of halogens is 1. The number of nitrogens with zero attached hydrogens (tertiary/aromatic N) is 2. The molecule has 0 radical (unpaired) electrons. The zero-order valence-corrected chi connectivity index (χ0v) is 14.3. The Kier molecular flexibility index (Phi) is 4.62. The van der Waals surface area contributed by atoms with Crippen LogP contribution in [0.1, 0.15) is 66.1 Å². The first kappa shape index (κ1) is 17.4. The average molecular weight is 302 g/mol. The molecule has 0 unspecified atom stereocenters. The highest BCUT2D eigenvalue weighted by Crippen LogP contribution is 2.49. The molecule has 2 N–H and O–H groups in total. The lowest BCUT2D eigenvalue weighted by Crippen LogP contribution is -2.48. The first-order valence-electron chi connectivity index (χ1n) is 7.16. The molecule has 1 aliphatic rings. The molecule has 2 atom stereocenters. The van der Waals surface area contributed by atoms with E-state index in [-0.39, 0.29) is 28.8 Å². The summed E-state index contributed by atoms with van der Waals surface area (Å²) in [5, 5.41) is 4.13. The molecule has 116 valence electrons. The van der Waals surface area contributed by atoms with Gasteiger partial charge in [-0.1, -0.05) is 39.8 Å². The molecule has 0 bridgehead atoms. The molecule has 0 saturated heterocycles. The van der Waals surface area contributed by atoms with Crippen LogP contribution in [0.25, 0.3) is 0 Å². The summed E-state index contributed by atoms with van der Waals surface area (Å²) >= 11 is 0. The monoisotopic (exact) mass is 301 g/mol. The van der Waals surface area contributed by atoms with E-state index < -0.39 is 0 Å². The van der Waals surface area contributed by atoms with Crippen molar-refractivity contribution in [1.29, 1.82) is 0 Å². The third-order valence-corrected chi connectivity index (χ3v) is 5.04. The first-order chi connectivity index (χ1) is 8.54. The highest BCUT2D eigenvalue weighted by atomic mass is 35.5. The van der Waals surface area contributed by atoms with Gasteiger partial charge in [0, 0.05) is 17.4 Å². The summed E-state index contributed by atoms with van der Waals surface area (Å²) in [5.41, 5.74) is 6.33. The van der Waals surface area contributed by atoms with Gasteiger partial charge in [0.15, 0.2) is 5.82 Å². The third-order valence-electron chi connectivity index (χ3n) is 5.04. The van der Waals surface area contributed by atoms with Crippen LogP contribution >= 0.6 is 12.4 Å². The number of hydrogen-bond donors (Lipinski definition) is 1. The van der Waals surface area contributed by atoms with E-state index in [1.807, 2.05) is 0 Å². The minimum absolute atomic E-state index is 0. The summed E-state index contributed by atoms with van der Waals surface area (Å²) in [6.07, 6.45) is 3.06. The number of nitrogens with two attached hydrogens (primary N) is 1. The minimum atomic E-state index is -0.103. The second kappa shape index (κ2) is 5.30. The standard InChI is InChI=1S/C15H27N3O.ClH/c1-13(2,3)12-17-11(18-19-12)9-10-7-8-15(6,16)14(10,4)5;/h10H,7-9,16H2,1-6H3;1H/t10-,15-;/m0./s1. The quantitative estimate of drug-likeness (QED) is 0.908. The normalized spacial score (nSPS) is 29.2. The van der Waals surface area contributed by atoms with E-state index in [1.54, 1.807) is 0 Å². The fraction of sp³-hybridized carbons (Fsp3) is 0.867. The van der Waals surface area contributed by atoms with Crippen molar-refractivity contribution in [2.75, 3.05) is 0 Å². The molecule has 0 spiro atoms. The van der Waals surface area contributed by atoms with Crippen LogP contribution in [0.4, 0.5) is 0 Å². The van der Waals surface area contributed by atoms with E-state index in [0.29, 0.717) is 11.8 Å². The van der Waals surface area contributed by atoms with Gasteiger partial charge in [-0.05, 0) is 31.1 Å². The van der Waals surface area contributed by atoms with E-state index in [0.717, 1.165) is 25.1 Å². The Balaban J connectivity index is 0.00000200. The van der Waals surface area contributed by atoms with Gasteiger partial charge < -0.3 is 10.3 Å². The van der Waals surface area contributed by atoms with E-state index in [4.69, 9.17) is 10.3 Å².